The van der Waals surface area contributed by atoms with Crippen molar-refractivity contribution in [2.75, 3.05) is 0 Å². The Balaban J connectivity index is 1.65. The van der Waals surface area contributed by atoms with E-state index < -0.39 is 0 Å². The van der Waals surface area contributed by atoms with Crippen molar-refractivity contribution >= 4 is 11.9 Å². The van der Waals surface area contributed by atoms with Crippen LogP contribution in [0.1, 0.15) is 21.6 Å². The fourth-order valence-corrected chi connectivity index (χ4v) is 2.21. The second-order valence-corrected chi connectivity index (χ2v) is 5.26. The highest BCUT2D eigenvalue weighted by Gasteiger charge is 2.02. The highest BCUT2D eigenvalue weighted by Crippen LogP contribution is 2.16. The quantitative estimate of drug-likeness (QED) is 0.494. The first-order chi connectivity index (χ1) is 11.8. The lowest BCUT2D eigenvalue weighted by Crippen LogP contribution is -1.97. The summed E-state index contributed by atoms with van der Waals surface area (Å²) in [4.78, 5) is 16.1. The number of hydrogen-bond acceptors (Lipinski definition) is 3. The van der Waals surface area contributed by atoms with E-state index in [1.54, 1.807) is 30.5 Å². The van der Waals surface area contributed by atoms with Gasteiger partial charge in [-0.15, -0.1) is 0 Å². The summed E-state index contributed by atoms with van der Waals surface area (Å²) in [7, 11) is 0. The van der Waals surface area contributed by atoms with Gasteiger partial charge in [-0.2, -0.15) is 0 Å². The Labute approximate surface area is 141 Å². The maximum Gasteiger partial charge on any atom is 0.204 e. The molecule has 3 heteroatoms. The Morgan fingerprint density at radius 1 is 0.958 bits per heavy atom. The Morgan fingerprint density at radius 3 is 2.58 bits per heavy atom. The third kappa shape index (κ3) is 4.40. The van der Waals surface area contributed by atoms with Crippen molar-refractivity contribution < 1.29 is 9.53 Å². The summed E-state index contributed by atoms with van der Waals surface area (Å²) in [6, 6.07) is 22.9. The average molecular weight is 315 g/mol. The molecule has 0 spiro atoms. The normalized spacial score (nSPS) is 10.7. The van der Waals surface area contributed by atoms with Crippen molar-refractivity contribution in [3.05, 3.63) is 102 Å². The van der Waals surface area contributed by atoms with E-state index in [0.29, 0.717) is 12.3 Å². The minimum absolute atomic E-state index is 0.119. The number of ketones is 1. The summed E-state index contributed by atoms with van der Waals surface area (Å²) in [6.07, 6.45) is 4.91. The molecule has 24 heavy (non-hydrogen) atoms. The fourth-order valence-electron chi connectivity index (χ4n) is 2.21. The molecule has 0 aliphatic rings. The van der Waals surface area contributed by atoms with Crippen LogP contribution in [0.15, 0.2) is 85.1 Å². The lowest BCUT2D eigenvalue weighted by Gasteiger charge is -2.06. The molecule has 0 saturated heterocycles. The first kappa shape index (κ1) is 15.7. The van der Waals surface area contributed by atoms with Gasteiger partial charge in [0, 0.05) is 6.20 Å². The summed E-state index contributed by atoms with van der Waals surface area (Å²) in [5.74, 6) is 0.650. The minimum Gasteiger partial charge on any atom is -0.489 e. The summed E-state index contributed by atoms with van der Waals surface area (Å²) in [5, 5.41) is 0. The molecule has 118 valence electrons. The number of carbonyl (C=O) groups excluding carboxylic acids is 1. The van der Waals surface area contributed by atoms with Crippen LogP contribution < -0.4 is 4.74 Å². The van der Waals surface area contributed by atoms with Crippen molar-refractivity contribution in [2.45, 2.75) is 6.61 Å². The summed E-state index contributed by atoms with van der Waals surface area (Å²) in [5.41, 5.74) is 2.46. The van der Waals surface area contributed by atoms with Crippen LogP contribution in [0.2, 0.25) is 0 Å². The maximum atomic E-state index is 12.0. The van der Waals surface area contributed by atoms with E-state index in [0.717, 1.165) is 16.9 Å². The average Bonchev–Trinajstić information content (AvgIpc) is 2.66. The Bertz CT molecular complexity index is 827. The predicted molar refractivity (Wildman–Crippen MR) is 94.8 cm³/mol. The SMILES string of the molecule is O=C(/C=C/c1cccc(OCc2ccccc2)c1)c1ccccn1. The number of hydrogen-bond donors (Lipinski definition) is 0. The fraction of sp³-hybridized carbons (Fsp3) is 0.0476. The highest BCUT2D eigenvalue weighted by atomic mass is 16.5. The van der Waals surface area contributed by atoms with Gasteiger partial charge in [0.25, 0.3) is 0 Å². The van der Waals surface area contributed by atoms with Crippen LogP contribution in [0.5, 0.6) is 5.75 Å². The van der Waals surface area contributed by atoms with Gasteiger partial charge in [-0.3, -0.25) is 9.78 Å². The lowest BCUT2D eigenvalue weighted by atomic mass is 10.1. The minimum atomic E-state index is -0.119. The molecule has 0 aliphatic heterocycles. The van der Waals surface area contributed by atoms with Gasteiger partial charge in [0.05, 0.1) is 0 Å². The second-order valence-electron chi connectivity index (χ2n) is 5.26. The van der Waals surface area contributed by atoms with E-state index in [4.69, 9.17) is 4.74 Å². The van der Waals surface area contributed by atoms with E-state index in [-0.39, 0.29) is 5.78 Å². The number of carbonyl (C=O) groups is 1. The molecule has 3 nitrogen and oxygen atoms in total. The summed E-state index contributed by atoms with van der Waals surface area (Å²) < 4.78 is 5.79. The first-order valence-electron chi connectivity index (χ1n) is 7.71. The van der Waals surface area contributed by atoms with E-state index in [9.17, 15) is 4.79 Å². The second kappa shape index (κ2) is 7.88. The van der Waals surface area contributed by atoms with Crippen LogP contribution in [0.25, 0.3) is 6.08 Å². The van der Waals surface area contributed by atoms with Gasteiger partial charge in [0.15, 0.2) is 0 Å². The van der Waals surface area contributed by atoms with Gasteiger partial charge < -0.3 is 4.74 Å². The van der Waals surface area contributed by atoms with Gasteiger partial charge in [-0.05, 0) is 41.5 Å². The number of rotatable bonds is 6. The van der Waals surface area contributed by atoms with Crippen LogP contribution in [-0.2, 0) is 6.61 Å². The Kier molecular flexibility index (Phi) is 5.15. The number of nitrogens with zero attached hydrogens (tertiary/aromatic N) is 1. The van der Waals surface area contributed by atoms with Crippen LogP contribution in [-0.4, -0.2) is 10.8 Å². The number of ether oxygens (including phenoxy) is 1. The molecule has 0 aliphatic carbocycles. The predicted octanol–water partition coefficient (Wildman–Crippen LogP) is 4.56. The zero-order valence-electron chi connectivity index (χ0n) is 13.1. The molecule has 2 aromatic carbocycles. The number of aromatic nitrogens is 1. The third-order valence-electron chi connectivity index (χ3n) is 3.45. The Morgan fingerprint density at radius 2 is 1.79 bits per heavy atom. The maximum absolute atomic E-state index is 12.0. The van der Waals surface area contributed by atoms with Crippen molar-refractivity contribution in [1.82, 2.24) is 4.98 Å². The molecule has 1 heterocycles. The first-order valence-corrected chi connectivity index (χ1v) is 7.71. The Hall–Kier alpha value is -3.20. The van der Waals surface area contributed by atoms with Crippen LogP contribution in [0.3, 0.4) is 0 Å². The summed E-state index contributed by atoms with van der Waals surface area (Å²) >= 11 is 0. The molecule has 0 amide bonds. The zero-order chi connectivity index (χ0) is 16.6. The van der Waals surface area contributed by atoms with Crippen molar-refractivity contribution in [2.24, 2.45) is 0 Å². The van der Waals surface area contributed by atoms with Crippen molar-refractivity contribution in [3.8, 4) is 5.75 Å². The number of benzene rings is 2. The third-order valence-corrected chi connectivity index (χ3v) is 3.45. The molecule has 3 aromatic rings. The largest absolute Gasteiger partial charge is 0.489 e. The molecule has 0 N–H and O–H groups in total. The lowest BCUT2D eigenvalue weighted by molar-refractivity contribution is 0.104. The molecular formula is C21H17NO2. The van der Waals surface area contributed by atoms with Crippen LogP contribution >= 0.6 is 0 Å². The van der Waals surface area contributed by atoms with E-state index >= 15 is 0 Å². The van der Waals surface area contributed by atoms with Gasteiger partial charge in [0.1, 0.15) is 18.1 Å². The molecule has 0 unspecified atom stereocenters. The smallest absolute Gasteiger partial charge is 0.204 e. The van der Waals surface area contributed by atoms with Gasteiger partial charge in [-0.25, -0.2) is 0 Å². The molecule has 0 saturated carbocycles. The van der Waals surface area contributed by atoms with Crippen LogP contribution in [0, 0.1) is 0 Å². The van der Waals surface area contributed by atoms with E-state index in [1.807, 2.05) is 54.6 Å². The molecule has 1 aromatic heterocycles. The van der Waals surface area contributed by atoms with Gasteiger partial charge >= 0.3 is 0 Å². The monoisotopic (exact) mass is 315 g/mol. The number of allylic oxidation sites excluding steroid dienone is 1. The highest BCUT2D eigenvalue weighted by molar-refractivity contribution is 6.05. The molecule has 0 bridgehead atoms. The van der Waals surface area contributed by atoms with E-state index in [2.05, 4.69) is 4.98 Å². The van der Waals surface area contributed by atoms with Gasteiger partial charge in [0.2, 0.25) is 5.78 Å². The molecule has 0 fully saturated rings. The number of pyridine rings is 1. The van der Waals surface area contributed by atoms with Crippen molar-refractivity contribution in [1.29, 1.82) is 0 Å². The molecular weight excluding hydrogens is 298 g/mol. The molecule has 0 radical (unpaired) electrons. The van der Waals surface area contributed by atoms with Gasteiger partial charge in [-0.1, -0.05) is 54.6 Å². The zero-order valence-corrected chi connectivity index (χ0v) is 13.1. The summed E-state index contributed by atoms with van der Waals surface area (Å²) in [6.45, 7) is 0.515. The van der Waals surface area contributed by atoms with Crippen LogP contribution in [0.4, 0.5) is 0 Å². The van der Waals surface area contributed by atoms with Crippen molar-refractivity contribution in [3.63, 3.8) is 0 Å². The standard InChI is InChI=1S/C21H17NO2/c23-21(20-11-4-5-14-22-20)13-12-17-9-6-10-19(15-17)24-16-18-7-2-1-3-8-18/h1-15H,16H2/b13-12+. The molecule has 3 rings (SSSR count). The van der Waals surface area contributed by atoms with E-state index in [1.165, 1.54) is 6.08 Å². The molecule has 0 atom stereocenters. The topological polar surface area (TPSA) is 39.2 Å².